The van der Waals surface area contributed by atoms with Crippen molar-refractivity contribution in [2.75, 3.05) is 0 Å². The SMILES string of the molecule is CCCCc1ccc2c(c1)CCc1cc(C#Cc3ccc(Cl)cc3)ccc1-2. The first-order valence-electron chi connectivity index (χ1n) is 9.75. The van der Waals surface area contributed by atoms with Crippen molar-refractivity contribution in [3.8, 4) is 23.0 Å². The first-order chi connectivity index (χ1) is 13.2. The standard InChI is InChI=1S/C26H23Cl/c1-2-3-4-20-9-15-25-22(17-20)11-12-23-18-21(10-16-26(23)25)6-5-19-7-13-24(27)14-8-19/h7-10,13-18H,2-4,11-12H2,1H3. The van der Waals surface area contributed by atoms with Crippen LogP contribution in [0.5, 0.6) is 0 Å². The molecule has 0 saturated carbocycles. The summed E-state index contributed by atoms with van der Waals surface area (Å²) in [7, 11) is 0. The molecule has 0 spiro atoms. The predicted molar refractivity (Wildman–Crippen MR) is 115 cm³/mol. The molecule has 3 aromatic rings. The lowest BCUT2D eigenvalue weighted by molar-refractivity contribution is 0.792. The van der Waals surface area contributed by atoms with E-state index in [2.05, 4.69) is 55.2 Å². The third kappa shape index (κ3) is 4.10. The van der Waals surface area contributed by atoms with Crippen molar-refractivity contribution in [3.05, 3.63) is 93.5 Å². The van der Waals surface area contributed by atoms with Crippen molar-refractivity contribution < 1.29 is 0 Å². The van der Waals surface area contributed by atoms with Gasteiger partial charge in [-0.1, -0.05) is 61.1 Å². The first kappa shape index (κ1) is 17.9. The highest BCUT2D eigenvalue weighted by Crippen LogP contribution is 2.34. The van der Waals surface area contributed by atoms with E-state index in [1.807, 2.05) is 24.3 Å². The zero-order valence-electron chi connectivity index (χ0n) is 15.7. The molecule has 4 rings (SSSR count). The maximum absolute atomic E-state index is 5.94. The summed E-state index contributed by atoms with van der Waals surface area (Å²) in [5, 5.41) is 0.742. The molecule has 0 atom stereocenters. The maximum Gasteiger partial charge on any atom is 0.0406 e. The zero-order valence-corrected chi connectivity index (χ0v) is 16.4. The van der Waals surface area contributed by atoms with Crippen LogP contribution in [0, 0.1) is 11.8 Å². The maximum atomic E-state index is 5.94. The van der Waals surface area contributed by atoms with Crippen molar-refractivity contribution in [2.24, 2.45) is 0 Å². The number of halogens is 1. The molecule has 0 unspecified atom stereocenters. The van der Waals surface area contributed by atoms with Crippen molar-refractivity contribution in [2.45, 2.75) is 39.0 Å². The Morgan fingerprint density at radius 2 is 1.41 bits per heavy atom. The molecule has 134 valence electrons. The van der Waals surface area contributed by atoms with Gasteiger partial charge in [0, 0.05) is 16.1 Å². The summed E-state index contributed by atoms with van der Waals surface area (Å²) < 4.78 is 0. The molecular weight excluding hydrogens is 348 g/mol. The van der Waals surface area contributed by atoms with Gasteiger partial charge in [-0.2, -0.15) is 0 Å². The summed E-state index contributed by atoms with van der Waals surface area (Å²) in [6.07, 6.45) is 5.92. The van der Waals surface area contributed by atoms with Gasteiger partial charge in [-0.25, -0.2) is 0 Å². The van der Waals surface area contributed by atoms with E-state index >= 15 is 0 Å². The molecule has 0 N–H and O–H groups in total. The van der Waals surface area contributed by atoms with Gasteiger partial charge in [0.2, 0.25) is 0 Å². The second-order valence-electron chi connectivity index (χ2n) is 7.22. The van der Waals surface area contributed by atoms with E-state index in [0.29, 0.717) is 0 Å². The third-order valence-corrected chi connectivity index (χ3v) is 5.50. The van der Waals surface area contributed by atoms with Gasteiger partial charge in [0.1, 0.15) is 0 Å². The molecule has 3 aromatic carbocycles. The van der Waals surface area contributed by atoms with E-state index in [1.54, 1.807) is 0 Å². The largest absolute Gasteiger partial charge is 0.0843 e. The number of fused-ring (bicyclic) bond motifs is 3. The molecule has 1 aliphatic rings. The fourth-order valence-electron chi connectivity index (χ4n) is 3.74. The molecular formula is C26H23Cl. The summed E-state index contributed by atoms with van der Waals surface area (Å²) in [4.78, 5) is 0. The number of benzene rings is 3. The lowest BCUT2D eigenvalue weighted by Gasteiger charge is -2.21. The quantitative estimate of drug-likeness (QED) is 0.442. The molecule has 1 heteroatoms. The minimum atomic E-state index is 0.742. The Kier molecular flexibility index (Phi) is 5.33. The Morgan fingerprint density at radius 3 is 2.15 bits per heavy atom. The lowest BCUT2D eigenvalue weighted by atomic mass is 9.83. The summed E-state index contributed by atoms with van der Waals surface area (Å²) >= 11 is 5.94. The molecule has 0 aliphatic heterocycles. The molecule has 0 fully saturated rings. The molecule has 0 nitrogen and oxygen atoms in total. The van der Waals surface area contributed by atoms with Crippen molar-refractivity contribution in [1.82, 2.24) is 0 Å². The topological polar surface area (TPSA) is 0 Å². The molecule has 0 bridgehead atoms. The van der Waals surface area contributed by atoms with E-state index in [9.17, 15) is 0 Å². The van der Waals surface area contributed by atoms with Crippen LogP contribution < -0.4 is 0 Å². The van der Waals surface area contributed by atoms with E-state index in [4.69, 9.17) is 11.6 Å². The van der Waals surface area contributed by atoms with E-state index in [1.165, 1.54) is 47.1 Å². The number of hydrogen-bond donors (Lipinski definition) is 0. The second kappa shape index (κ2) is 8.03. The van der Waals surface area contributed by atoms with Crippen LogP contribution in [0.3, 0.4) is 0 Å². The smallest absolute Gasteiger partial charge is 0.0406 e. The molecule has 0 saturated heterocycles. The molecule has 27 heavy (non-hydrogen) atoms. The van der Waals surface area contributed by atoms with Gasteiger partial charge in [-0.15, -0.1) is 0 Å². The Morgan fingerprint density at radius 1 is 0.778 bits per heavy atom. The van der Waals surface area contributed by atoms with Crippen molar-refractivity contribution in [3.63, 3.8) is 0 Å². The number of rotatable bonds is 3. The highest BCUT2D eigenvalue weighted by molar-refractivity contribution is 6.30. The van der Waals surface area contributed by atoms with Crippen LogP contribution in [0.15, 0.2) is 60.7 Å². The van der Waals surface area contributed by atoms with E-state index in [0.717, 1.165) is 29.0 Å². The summed E-state index contributed by atoms with van der Waals surface area (Å²) in [5.41, 5.74) is 9.21. The fourth-order valence-corrected chi connectivity index (χ4v) is 3.87. The van der Waals surface area contributed by atoms with Gasteiger partial charge in [-0.05, 0) is 89.9 Å². The molecule has 0 aromatic heterocycles. The van der Waals surface area contributed by atoms with Gasteiger partial charge in [-0.3, -0.25) is 0 Å². The normalized spacial score (nSPS) is 11.9. The van der Waals surface area contributed by atoms with Crippen LogP contribution in [-0.4, -0.2) is 0 Å². The lowest BCUT2D eigenvalue weighted by Crippen LogP contribution is -2.05. The minimum Gasteiger partial charge on any atom is -0.0843 e. The van der Waals surface area contributed by atoms with Crippen LogP contribution in [0.2, 0.25) is 5.02 Å². The number of hydrogen-bond acceptors (Lipinski definition) is 0. The van der Waals surface area contributed by atoms with Gasteiger partial charge < -0.3 is 0 Å². The second-order valence-corrected chi connectivity index (χ2v) is 7.66. The van der Waals surface area contributed by atoms with Crippen molar-refractivity contribution in [1.29, 1.82) is 0 Å². The van der Waals surface area contributed by atoms with Gasteiger partial charge in [0.05, 0.1) is 0 Å². The van der Waals surface area contributed by atoms with Crippen LogP contribution in [0.1, 0.15) is 47.6 Å². The first-order valence-corrected chi connectivity index (χ1v) is 10.1. The Bertz CT molecular complexity index is 1020. The molecule has 0 heterocycles. The summed E-state index contributed by atoms with van der Waals surface area (Å²) in [6.45, 7) is 2.25. The Balaban J connectivity index is 1.60. The highest BCUT2D eigenvalue weighted by atomic mass is 35.5. The van der Waals surface area contributed by atoms with Gasteiger partial charge in [0.25, 0.3) is 0 Å². The van der Waals surface area contributed by atoms with Crippen LogP contribution in [0.25, 0.3) is 11.1 Å². The Hall–Kier alpha value is -2.49. The van der Waals surface area contributed by atoms with Gasteiger partial charge >= 0.3 is 0 Å². The van der Waals surface area contributed by atoms with Crippen LogP contribution in [0.4, 0.5) is 0 Å². The van der Waals surface area contributed by atoms with E-state index in [-0.39, 0.29) is 0 Å². The number of unbranched alkanes of at least 4 members (excludes halogenated alkanes) is 1. The number of aryl methyl sites for hydroxylation is 3. The monoisotopic (exact) mass is 370 g/mol. The third-order valence-electron chi connectivity index (χ3n) is 5.24. The molecule has 1 aliphatic carbocycles. The van der Waals surface area contributed by atoms with E-state index < -0.39 is 0 Å². The average molecular weight is 371 g/mol. The van der Waals surface area contributed by atoms with Crippen molar-refractivity contribution >= 4 is 11.6 Å². The zero-order chi connectivity index (χ0) is 18.6. The Labute approximate surface area is 167 Å². The average Bonchev–Trinajstić information content (AvgIpc) is 2.71. The van der Waals surface area contributed by atoms with Gasteiger partial charge in [0.15, 0.2) is 0 Å². The predicted octanol–water partition coefficient (Wildman–Crippen LogP) is 6.85. The fraction of sp³-hybridized carbons (Fsp3) is 0.231. The summed E-state index contributed by atoms with van der Waals surface area (Å²) in [5.74, 6) is 6.53. The molecule has 0 amide bonds. The van der Waals surface area contributed by atoms with Crippen LogP contribution >= 0.6 is 11.6 Å². The highest BCUT2D eigenvalue weighted by Gasteiger charge is 2.16. The van der Waals surface area contributed by atoms with Crippen LogP contribution in [-0.2, 0) is 19.3 Å². The molecule has 0 radical (unpaired) electrons. The summed E-state index contributed by atoms with van der Waals surface area (Å²) in [6, 6.07) is 21.4. The minimum absolute atomic E-state index is 0.742.